The molecule has 3 aromatic rings. The number of rotatable bonds is 6. The van der Waals surface area contributed by atoms with Crippen molar-refractivity contribution in [3.05, 3.63) is 89.7 Å². The van der Waals surface area contributed by atoms with E-state index in [-0.39, 0.29) is 5.82 Å². The first kappa shape index (κ1) is 17.2. The van der Waals surface area contributed by atoms with Gasteiger partial charge in [-0.15, -0.1) is 0 Å². The van der Waals surface area contributed by atoms with Crippen molar-refractivity contribution in [3.63, 3.8) is 0 Å². The average Bonchev–Trinajstić information content (AvgIpc) is 2.64. The average molecular weight is 352 g/mol. The number of halogens is 1. The summed E-state index contributed by atoms with van der Waals surface area (Å²) in [5, 5.41) is 0. The largest absolute Gasteiger partial charge is 0.478 e. The van der Waals surface area contributed by atoms with Crippen molar-refractivity contribution in [3.8, 4) is 5.75 Å². The summed E-state index contributed by atoms with van der Waals surface area (Å²) in [4.78, 5) is 13.4. The molecule has 0 bridgehead atoms. The van der Waals surface area contributed by atoms with Gasteiger partial charge in [-0.25, -0.2) is 4.39 Å². The second kappa shape index (κ2) is 7.99. The van der Waals surface area contributed by atoms with Crippen LogP contribution in [0.1, 0.15) is 17.2 Å². The predicted molar refractivity (Wildman–Crippen MR) is 97.6 cm³/mol. The molecule has 25 heavy (non-hydrogen) atoms. The first-order valence-electron chi connectivity index (χ1n) is 7.86. The third-order valence-corrected chi connectivity index (χ3v) is 4.77. The molecule has 1 atom stereocenters. The first-order chi connectivity index (χ1) is 12.2. The molecule has 4 heteroatoms. The lowest BCUT2D eigenvalue weighted by Crippen LogP contribution is -2.10. The van der Waals surface area contributed by atoms with E-state index in [1.54, 1.807) is 12.1 Å². The zero-order chi connectivity index (χ0) is 17.6. The highest BCUT2D eigenvalue weighted by molar-refractivity contribution is 7.99. The van der Waals surface area contributed by atoms with Gasteiger partial charge in [0.1, 0.15) is 11.6 Å². The summed E-state index contributed by atoms with van der Waals surface area (Å²) in [6.07, 6.45) is 0.0936. The Balaban J connectivity index is 1.85. The molecular weight excluding hydrogens is 335 g/mol. The smallest absolute Gasteiger partial charge is 0.180 e. The molecule has 0 aromatic heterocycles. The Morgan fingerprint density at radius 3 is 2.32 bits per heavy atom. The van der Waals surface area contributed by atoms with Crippen molar-refractivity contribution in [2.75, 3.05) is 0 Å². The number of hydrogen-bond donors (Lipinski definition) is 0. The maximum absolute atomic E-state index is 13.1. The third kappa shape index (κ3) is 4.48. The van der Waals surface area contributed by atoms with Gasteiger partial charge in [0.25, 0.3) is 0 Å². The normalized spacial score (nSPS) is 11.8. The summed E-state index contributed by atoms with van der Waals surface area (Å²) < 4.78 is 18.9. The number of aldehydes is 1. The molecule has 0 fully saturated rings. The number of benzene rings is 3. The minimum atomic E-state index is -0.702. The minimum Gasteiger partial charge on any atom is -0.478 e. The molecule has 0 N–H and O–H groups in total. The van der Waals surface area contributed by atoms with Crippen LogP contribution in [-0.2, 0) is 4.79 Å². The van der Waals surface area contributed by atoms with E-state index in [0.29, 0.717) is 5.75 Å². The van der Waals surface area contributed by atoms with Crippen LogP contribution in [0.4, 0.5) is 4.39 Å². The monoisotopic (exact) mass is 352 g/mol. The van der Waals surface area contributed by atoms with E-state index in [2.05, 4.69) is 0 Å². The number of carbonyl (C=O) groups is 1. The van der Waals surface area contributed by atoms with Gasteiger partial charge in [0, 0.05) is 15.4 Å². The van der Waals surface area contributed by atoms with Gasteiger partial charge in [-0.3, -0.25) is 4.79 Å². The zero-order valence-corrected chi connectivity index (χ0v) is 14.5. The van der Waals surface area contributed by atoms with Crippen LogP contribution in [0, 0.1) is 12.7 Å². The number of ether oxygens (including phenoxy) is 1. The van der Waals surface area contributed by atoms with E-state index in [4.69, 9.17) is 4.74 Å². The van der Waals surface area contributed by atoms with Gasteiger partial charge in [0.2, 0.25) is 0 Å². The van der Waals surface area contributed by atoms with Gasteiger partial charge in [0.15, 0.2) is 12.4 Å². The summed E-state index contributed by atoms with van der Waals surface area (Å²) in [7, 11) is 0. The Bertz CT molecular complexity index is 845. The number of aryl methyl sites for hydroxylation is 1. The number of carbonyl (C=O) groups excluding carboxylic acids is 1. The minimum absolute atomic E-state index is 0.272. The fraction of sp³-hybridized carbons (Fsp3) is 0.0952. The molecule has 0 aliphatic rings. The molecule has 3 aromatic carbocycles. The molecule has 0 spiro atoms. The van der Waals surface area contributed by atoms with Gasteiger partial charge < -0.3 is 4.74 Å². The molecule has 126 valence electrons. The molecular formula is C21H17FO2S. The van der Waals surface area contributed by atoms with E-state index >= 15 is 0 Å². The predicted octanol–water partition coefficient (Wildman–Crippen LogP) is 5.60. The van der Waals surface area contributed by atoms with Crippen LogP contribution in [0.2, 0.25) is 0 Å². The summed E-state index contributed by atoms with van der Waals surface area (Å²) >= 11 is 1.47. The van der Waals surface area contributed by atoms with Crippen molar-refractivity contribution in [1.29, 1.82) is 0 Å². The second-order valence-corrected chi connectivity index (χ2v) is 6.70. The lowest BCUT2D eigenvalue weighted by Gasteiger charge is -2.17. The molecule has 0 saturated heterocycles. The van der Waals surface area contributed by atoms with E-state index < -0.39 is 6.10 Å². The van der Waals surface area contributed by atoms with Gasteiger partial charge >= 0.3 is 0 Å². The lowest BCUT2D eigenvalue weighted by molar-refractivity contribution is -0.114. The van der Waals surface area contributed by atoms with Crippen LogP contribution < -0.4 is 4.74 Å². The molecule has 1 unspecified atom stereocenters. The van der Waals surface area contributed by atoms with Gasteiger partial charge in [-0.1, -0.05) is 47.7 Å². The van der Waals surface area contributed by atoms with Crippen molar-refractivity contribution in [2.45, 2.75) is 22.8 Å². The summed E-state index contributed by atoms with van der Waals surface area (Å²) in [6.45, 7) is 2.00. The molecule has 3 rings (SSSR count). The molecule has 0 radical (unpaired) electrons. The molecule has 2 nitrogen and oxygen atoms in total. The topological polar surface area (TPSA) is 26.3 Å². The summed E-state index contributed by atoms with van der Waals surface area (Å²) in [5.41, 5.74) is 1.91. The van der Waals surface area contributed by atoms with Crippen LogP contribution in [0.3, 0.4) is 0 Å². The highest BCUT2D eigenvalue weighted by atomic mass is 32.2. The Morgan fingerprint density at radius 2 is 1.64 bits per heavy atom. The molecule has 0 heterocycles. The highest BCUT2D eigenvalue weighted by Gasteiger charge is 2.17. The van der Waals surface area contributed by atoms with Crippen LogP contribution in [0.25, 0.3) is 0 Å². The van der Waals surface area contributed by atoms with Crippen molar-refractivity contribution < 1.29 is 13.9 Å². The molecule has 0 aliphatic heterocycles. The quantitative estimate of drug-likeness (QED) is 0.540. The Labute approximate surface area is 150 Å². The van der Waals surface area contributed by atoms with Gasteiger partial charge in [0.05, 0.1) is 0 Å². The number of hydrogen-bond acceptors (Lipinski definition) is 3. The zero-order valence-electron chi connectivity index (χ0n) is 13.7. The van der Waals surface area contributed by atoms with Gasteiger partial charge in [-0.05, 0) is 49.4 Å². The second-order valence-electron chi connectivity index (χ2n) is 5.58. The summed E-state index contributed by atoms with van der Waals surface area (Å²) in [6, 6.07) is 21.4. The summed E-state index contributed by atoms with van der Waals surface area (Å²) in [5.74, 6) is 0.371. The highest BCUT2D eigenvalue weighted by Crippen LogP contribution is 2.34. The third-order valence-electron chi connectivity index (χ3n) is 3.67. The lowest BCUT2D eigenvalue weighted by atomic mass is 10.1. The van der Waals surface area contributed by atoms with E-state index in [1.807, 2.05) is 55.5 Å². The molecule has 0 aliphatic carbocycles. The van der Waals surface area contributed by atoms with Crippen LogP contribution >= 0.6 is 11.8 Å². The standard InChI is InChI=1S/C21H17FO2S/c1-15-6-10-17(11-7-15)24-20(14-23)19-4-2-3-5-21(19)25-18-12-8-16(22)9-13-18/h2-14,20H,1H3. The van der Waals surface area contributed by atoms with Crippen LogP contribution in [-0.4, -0.2) is 6.29 Å². The van der Waals surface area contributed by atoms with Gasteiger partial charge in [-0.2, -0.15) is 0 Å². The van der Waals surface area contributed by atoms with E-state index in [9.17, 15) is 9.18 Å². The Hall–Kier alpha value is -2.59. The van der Waals surface area contributed by atoms with Crippen LogP contribution in [0.5, 0.6) is 5.75 Å². The van der Waals surface area contributed by atoms with Crippen LogP contribution in [0.15, 0.2) is 82.6 Å². The molecule has 0 amide bonds. The fourth-order valence-corrected chi connectivity index (χ4v) is 3.34. The van der Waals surface area contributed by atoms with E-state index in [1.165, 1.54) is 23.9 Å². The van der Waals surface area contributed by atoms with Crippen molar-refractivity contribution in [1.82, 2.24) is 0 Å². The van der Waals surface area contributed by atoms with E-state index in [0.717, 1.165) is 27.2 Å². The Kier molecular flexibility index (Phi) is 5.51. The fourth-order valence-electron chi connectivity index (χ4n) is 2.37. The van der Waals surface area contributed by atoms with Crippen molar-refractivity contribution in [2.24, 2.45) is 0 Å². The van der Waals surface area contributed by atoms with Crippen molar-refractivity contribution >= 4 is 18.0 Å². The first-order valence-corrected chi connectivity index (χ1v) is 8.68. The maximum Gasteiger partial charge on any atom is 0.180 e. The SMILES string of the molecule is Cc1ccc(OC(C=O)c2ccccc2Sc2ccc(F)cc2)cc1. The molecule has 0 saturated carbocycles. The maximum atomic E-state index is 13.1. The Morgan fingerprint density at radius 1 is 0.960 bits per heavy atom.